The Balaban J connectivity index is 4.34. The molecule has 0 fully saturated rings. The van der Waals surface area contributed by atoms with Crippen molar-refractivity contribution in [3.8, 4) is 0 Å². The van der Waals surface area contributed by atoms with E-state index in [1.165, 1.54) is 77.0 Å². The minimum absolute atomic E-state index is 0.0203. The van der Waals surface area contributed by atoms with Gasteiger partial charge in [-0.1, -0.05) is 159 Å². The number of hydrogen-bond donors (Lipinski definition) is 3. The summed E-state index contributed by atoms with van der Waals surface area (Å²) in [5.74, 6) is -1.80. The molecule has 0 aromatic carbocycles. The zero-order chi connectivity index (χ0) is 38.4. The molecule has 0 saturated carbocycles. The maximum absolute atomic E-state index is 12.6. The number of hydrogen-bond acceptors (Lipinski definition) is 8. The van der Waals surface area contributed by atoms with Gasteiger partial charge in [0.05, 0.1) is 19.8 Å². The molecule has 0 bridgehead atoms. The second-order valence-electron chi connectivity index (χ2n) is 13.4. The largest absolute Gasteiger partial charge is 0.480 e. The van der Waals surface area contributed by atoms with Crippen molar-refractivity contribution in [2.75, 3.05) is 26.4 Å². The summed E-state index contributed by atoms with van der Waals surface area (Å²) < 4.78 is 33.2. The molecular formula is C41H74NO9P. The van der Waals surface area contributed by atoms with Gasteiger partial charge in [-0.15, -0.1) is 0 Å². The van der Waals surface area contributed by atoms with Gasteiger partial charge in [0.15, 0.2) is 0 Å². The molecule has 0 radical (unpaired) electrons. The second kappa shape index (κ2) is 37.3. The van der Waals surface area contributed by atoms with E-state index in [9.17, 15) is 19.0 Å². The van der Waals surface area contributed by atoms with E-state index < -0.39 is 45.1 Å². The Bertz CT molecular complexity index is 1010. The molecule has 3 atom stereocenters. The van der Waals surface area contributed by atoms with Crippen LogP contribution in [0.1, 0.15) is 162 Å². The lowest BCUT2D eigenvalue weighted by Gasteiger charge is -2.20. The SMILES string of the molecule is CC/C=C\C/C=C\C/C=C\C/C=C\CCCOCC(COP(=O)(O)OCC(N)C(=O)O)OC(=O)CCCCCCCCCCCCCCCCCC. The number of carbonyl (C=O) groups excluding carboxylic acids is 1. The predicted molar refractivity (Wildman–Crippen MR) is 212 cm³/mol. The zero-order valence-corrected chi connectivity index (χ0v) is 33.5. The fraction of sp³-hybridized carbons (Fsp3) is 0.756. The van der Waals surface area contributed by atoms with Gasteiger partial charge >= 0.3 is 19.8 Å². The van der Waals surface area contributed by atoms with Gasteiger partial charge in [-0.25, -0.2) is 4.57 Å². The molecule has 3 unspecified atom stereocenters. The number of aliphatic carboxylic acids is 1. The molecule has 0 saturated heterocycles. The highest BCUT2D eigenvalue weighted by molar-refractivity contribution is 7.47. The number of rotatable bonds is 38. The number of phosphoric acid groups is 1. The van der Waals surface area contributed by atoms with Crippen LogP contribution in [0.5, 0.6) is 0 Å². The van der Waals surface area contributed by atoms with Gasteiger partial charge in [-0.2, -0.15) is 0 Å². The minimum atomic E-state index is -4.63. The first-order chi connectivity index (χ1) is 25.2. The topological polar surface area (TPSA) is 155 Å². The van der Waals surface area contributed by atoms with Crippen LogP contribution in [-0.4, -0.2) is 60.5 Å². The monoisotopic (exact) mass is 756 g/mol. The molecule has 11 heteroatoms. The van der Waals surface area contributed by atoms with E-state index in [1.54, 1.807) is 0 Å². The standard InChI is InChI=1S/C41H74NO9P/c1-3-5-7-9-11-13-15-17-19-20-21-23-25-27-29-31-33-40(43)51-38(36-49-52(46,47)50-37-39(42)41(44)45)35-48-34-32-30-28-26-24-22-18-16-14-12-10-8-6-4-2/h6,8,12,14,18,22,26,28,38-39H,3-5,7,9-11,13,15-17,19-21,23-25,27,29-37,42H2,1-2H3,(H,44,45)(H,46,47)/b8-6-,14-12-,22-18-,28-26-. The highest BCUT2D eigenvalue weighted by Crippen LogP contribution is 2.43. The molecule has 0 aliphatic carbocycles. The van der Waals surface area contributed by atoms with Crippen molar-refractivity contribution in [2.24, 2.45) is 5.73 Å². The number of allylic oxidation sites excluding steroid dienone is 8. The molecule has 0 aliphatic rings. The van der Waals surface area contributed by atoms with Gasteiger partial charge in [0.2, 0.25) is 0 Å². The van der Waals surface area contributed by atoms with Crippen molar-refractivity contribution in [2.45, 2.75) is 174 Å². The number of esters is 1. The first-order valence-electron chi connectivity index (χ1n) is 20.2. The van der Waals surface area contributed by atoms with Crippen LogP contribution < -0.4 is 5.73 Å². The third kappa shape index (κ3) is 36.3. The number of carboxylic acid groups (broad SMARTS) is 1. The number of carboxylic acids is 1. The Morgan fingerprint density at radius 1 is 0.635 bits per heavy atom. The quantitative estimate of drug-likeness (QED) is 0.0240. The van der Waals surface area contributed by atoms with Gasteiger partial charge in [0.1, 0.15) is 12.1 Å². The molecule has 4 N–H and O–H groups in total. The van der Waals surface area contributed by atoms with Crippen molar-refractivity contribution in [3.63, 3.8) is 0 Å². The van der Waals surface area contributed by atoms with Crippen LogP contribution >= 0.6 is 7.82 Å². The van der Waals surface area contributed by atoms with Crippen molar-refractivity contribution in [1.82, 2.24) is 0 Å². The van der Waals surface area contributed by atoms with Crippen molar-refractivity contribution in [1.29, 1.82) is 0 Å². The third-order valence-electron chi connectivity index (χ3n) is 8.37. The highest BCUT2D eigenvalue weighted by atomic mass is 31.2. The Kier molecular flexibility index (Phi) is 35.8. The molecule has 0 rings (SSSR count). The van der Waals surface area contributed by atoms with Crippen LogP contribution in [0, 0.1) is 0 Å². The summed E-state index contributed by atoms with van der Waals surface area (Å²) in [5, 5.41) is 8.87. The second-order valence-corrected chi connectivity index (χ2v) is 14.8. The summed E-state index contributed by atoms with van der Waals surface area (Å²) in [6.07, 6.45) is 41.8. The first-order valence-corrected chi connectivity index (χ1v) is 21.7. The number of unbranched alkanes of at least 4 members (excludes halogenated alkanes) is 16. The van der Waals surface area contributed by atoms with Gasteiger partial charge in [-0.05, 0) is 44.9 Å². The maximum atomic E-state index is 12.6. The Hall–Kier alpha value is -2.07. The van der Waals surface area contributed by atoms with Crippen LogP contribution in [-0.2, 0) is 32.7 Å². The Morgan fingerprint density at radius 3 is 1.60 bits per heavy atom. The summed E-state index contributed by atoms with van der Waals surface area (Å²) in [7, 11) is -4.63. The number of carbonyl (C=O) groups is 2. The molecule has 0 amide bonds. The Morgan fingerprint density at radius 2 is 1.10 bits per heavy atom. The summed E-state index contributed by atoms with van der Waals surface area (Å²) in [6.45, 7) is 3.62. The fourth-order valence-corrected chi connectivity index (χ4v) is 6.03. The average Bonchev–Trinajstić information content (AvgIpc) is 3.12. The van der Waals surface area contributed by atoms with Crippen molar-refractivity contribution in [3.05, 3.63) is 48.6 Å². The van der Waals surface area contributed by atoms with Crippen LogP contribution in [0.4, 0.5) is 0 Å². The molecule has 10 nitrogen and oxygen atoms in total. The van der Waals surface area contributed by atoms with E-state index >= 15 is 0 Å². The van der Waals surface area contributed by atoms with E-state index in [-0.39, 0.29) is 13.0 Å². The fourth-order valence-electron chi connectivity index (χ4n) is 5.25. The lowest BCUT2D eigenvalue weighted by molar-refractivity contribution is -0.154. The Labute approximate surface area is 316 Å². The lowest BCUT2D eigenvalue weighted by Crippen LogP contribution is -2.34. The molecule has 0 aliphatic heterocycles. The normalized spacial score (nSPS) is 14.5. The van der Waals surface area contributed by atoms with Crippen LogP contribution in [0.2, 0.25) is 0 Å². The minimum Gasteiger partial charge on any atom is -0.480 e. The first kappa shape index (κ1) is 49.9. The molecule has 0 heterocycles. The maximum Gasteiger partial charge on any atom is 0.472 e. The van der Waals surface area contributed by atoms with E-state index in [2.05, 4.69) is 62.5 Å². The predicted octanol–water partition coefficient (Wildman–Crippen LogP) is 10.7. The molecular weight excluding hydrogens is 681 g/mol. The van der Waals surface area contributed by atoms with E-state index in [0.29, 0.717) is 13.0 Å². The summed E-state index contributed by atoms with van der Waals surface area (Å²) in [6, 6.07) is -1.48. The smallest absolute Gasteiger partial charge is 0.472 e. The highest BCUT2D eigenvalue weighted by Gasteiger charge is 2.27. The third-order valence-corrected chi connectivity index (χ3v) is 9.32. The molecule has 302 valence electrons. The zero-order valence-electron chi connectivity index (χ0n) is 32.6. The average molecular weight is 756 g/mol. The summed E-state index contributed by atoms with van der Waals surface area (Å²) in [4.78, 5) is 33.4. The van der Waals surface area contributed by atoms with Gasteiger partial charge in [0.25, 0.3) is 0 Å². The van der Waals surface area contributed by atoms with Gasteiger partial charge in [0, 0.05) is 13.0 Å². The number of ether oxygens (including phenoxy) is 2. The molecule has 52 heavy (non-hydrogen) atoms. The van der Waals surface area contributed by atoms with Crippen LogP contribution in [0.3, 0.4) is 0 Å². The summed E-state index contributed by atoms with van der Waals surface area (Å²) >= 11 is 0. The number of nitrogens with two attached hydrogens (primary N) is 1. The van der Waals surface area contributed by atoms with Crippen LogP contribution in [0.25, 0.3) is 0 Å². The molecule has 0 spiro atoms. The van der Waals surface area contributed by atoms with Crippen molar-refractivity contribution < 1.29 is 42.7 Å². The van der Waals surface area contributed by atoms with Crippen LogP contribution in [0.15, 0.2) is 48.6 Å². The van der Waals surface area contributed by atoms with E-state index in [1.807, 2.05) is 0 Å². The van der Waals surface area contributed by atoms with E-state index in [0.717, 1.165) is 57.8 Å². The number of phosphoric ester groups is 1. The summed E-state index contributed by atoms with van der Waals surface area (Å²) in [5.41, 5.74) is 5.34. The molecule has 0 aromatic rings. The van der Waals surface area contributed by atoms with E-state index in [4.69, 9.17) is 29.4 Å². The lowest BCUT2D eigenvalue weighted by atomic mass is 10.0. The molecule has 0 aromatic heterocycles. The van der Waals surface area contributed by atoms with Gasteiger partial charge < -0.3 is 25.2 Å². The van der Waals surface area contributed by atoms with Gasteiger partial charge in [-0.3, -0.25) is 18.6 Å². The van der Waals surface area contributed by atoms with Crippen molar-refractivity contribution >= 4 is 19.8 Å².